The number of hydrogen-bond acceptors (Lipinski definition) is 5. The molecule has 5 nitrogen and oxygen atoms in total. The number of carbonyl (C=O) groups is 1. The molecule has 0 aliphatic heterocycles. The van der Waals surface area contributed by atoms with E-state index >= 15 is 0 Å². The fourth-order valence-corrected chi connectivity index (χ4v) is 5.33. The maximum absolute atomic E-state index is 12.6. The predicted molar refractivity (Wildman–Crippen MR) is 167 cm³/mol. The van der Waals surface area contributed by atoms with Gasteiger partial charge in [-0.25, -0.2) is 9.67 Å². The second-order valence-electron chi connectivity index (χ2n) is 11.1. The average molecular weight is 608 g/mol. The third-order valence-electron chi connectivity index (χ3n) is 7.14. The molecule has 0 spiro atoms. The molecule has 9 heteroatoms. The van der Waals surface area contributed by atoms with Crippen LogP contribution in [0.1, 0.15) is 74.1 Å². The van der Waals surface area contributed by atoms with Gasteiger partial charge in [0.1, 0.15) is 17.9 Å². The van der Waals surface area contributed by atoms with Gasteiger partial charge in [0.25, 0.3) is 0 Å². The zero-order valence-corrected chi connectivity index (χ0v) is 25.5. The summed E-state index contributed by atoms with van der Waals surface area (Å²) in [5.41, 5.74) is 6.32. The van der Waals surface area contributed by atoms with Crippen molar-refractivity contribution in [3.05, 3.63) is 95.3 Å². The predicted octanol–water partition coefficient (Wildman–Crippen LogP) is 8.94. The highest BCUT2D eigenvalue weighted by atomic mass is 32.1. The third kappa shape index (κ3) is 9.85. The van der Waals surface area contributed by atoms with Crippen LogP contribution in [-0.2, 0) is 17.6 Å². The first-order valence-electron chi connectivity index (χ1n) is 14.5. The number of rotatable bonds is 14. The zero-order chi connectivity index (χ0) is 31.0. The molecule has 0 aliphatic carbocycles. The molecule has 0 radical (unpaired) electrons. The second kappa shape index (κ2) is 14.6. The molecular weight excluding hydrogens is 571 g/mol. The highest BCUT2D eigenvalue weighted by Gasteiger charge is 2.31. The molecule has 1 aromatic heterocycles. The Morgan fingerprint density at radius 3 is 2.49 bits per heavy atom. The van der Waals surface area contributed by atoms with E-state index in [1.807, 2.05) is 18.2 Å². The lowest BCUT2D eigenvalue weighted by Crippen LogP contribution is -2.17. The summed E-state index contributed by atoms with van der Waals surface area (Å²) in [6, 6.07) is 19.9. The van der Waals surface area contributed by atoms with Crippen molar-refractivity contribution in [1.29, 1.82) is 0 Å². The summed E-state index contributed by atoms with van der Waals surface area (Å²) < 4.78 is 42.7. The first-order chi connectivity index (χ1) is 20.5. The van der Waals surface area contributed by atoms with Gasteiger partial charge in [0.2, 0.25) is 0 Å². The van der Waals surface area contributed by atoms with E-state index in [2.05, 4.69) is 59.9 Å². The third-order valence-corrected chi connectivity index (χ3v) is 7.43. The molecule has 3 aromatic carbocycles. The minimum absolute atomic E-state index is 0.203. The molecule has 0 unspecified atom stereocenters. The van der Waals surface area contributed by atoms with Crippen LogP contribution < -0.4 is 4.74 Å². The molecular formula is C34H36F3N3O2S. The number of thiocarbonyl (C=S) groups is 1. The number of benzene rings is 3. The van der Waals surface area contributed by atoms with E-state index in [4.69, 9.17) is 12.2 Å². The smallest absolute Gasteiger partial charge is 0.406 e. The van der Waals surface area contributed by atoms with Gasteiger partial charge in [-0.3, -0.25) is 4.79 Å². The Balaban J connectivity index is 1.21. The van der Waals surface area contributed by atoms with Gasteiger partial charge in [-0.05, 0) is 79.1 Å². The van der Waals surface area contributed by atoms with Gasteiger partial charge in [-0.2, -0.15) is 0 Å². The fraction of sp³-hybridized carbons (Fsp3) is 0.353. The van der Waals surface area contributed by atoms with Crippen LogP contribution in [0.3, 0.4) is 0 Å². The van der Waals surface area contributed by atoms with Crippen LogP contribution >= 0.6 is 12.2 Å². The number of halogens is 3. The number of nitrogens with zero attached hydrogens (tertiary/aromatic N) is 3. The highest BCUT2D eigenvalue weighted by molar-refractivity contribution is 7.80. The van der Waals surface area contributed by atoms with Crippen molar-refractivity contribution in [2.45, 2.75) is 78.0 Å². The summed E-state index contributed by atoms with van der Waals surface area (Å²) in [7, 11) is 0. The largest absolute Gasteiger partial charge is 0.573 e. The molecule has 0 aliphatic rings. The molecule has 4 aromatic rings. The van der Waals surface area contributed by atoms with E-state index in [0.29, 0.717) is 36.7 Å². The topological polar surface area (TPSA) is 57.0 Å². The molecule has 0 amide bonds. The maximum Gasteiger partial charge on any atom is 0.573 e. The standard InChI is InChI=1S/C34H36F3N3O2S/c1-23(2)32-18-24(3)12-13-26(32)20-31(43)21-29(41)11-6-4-5-8-25-9-7-10-27(19-25)33-38-22-40(39-33)28-14-16-30(17-15-28)42-34(35,36)37/h7,9-10,12-19,22-23H,4-6,8,11,20-21H2,1-3H3. The molecule has 0 atom stereocenters. The van der Waals surface area contributed by atoms with Crippen molar-refractivity contribution < 1.29 is 22.7 Å². The van der Waals surface area contributed by atoms with E-state index in [0.717, 1.165) is 41.7 Å². The molecule has 0 fully saturated rings. The van der Waals surface area contributed by atoms with Crippen LogP contribution in [-0.4, -0.2) is 31.8 Å². The van der Waals surface area contributed by atoms with Crippen LogP contribution in [0, 0.1) is 6.92 Å². The van der Waals surface area contributed by atoms with E-state index in [1.165, 1.54) is 52.0 Å². The summed E-state index contributed by atoms with van der Waals surface area (Å²) in [5, 5.41) is 4.49. The second-order valence-corrected chi connectivity index (χ2v) is 11.7. The Labute approximate surface area is 256 Å². The molecule has 4 rings (SSSR count). The first kappa shape index (κ1) is 32.1. The molecule has 43 heavy (non-hydrogen) atoms. The average Bonchev–Trinajstić information content (AvgIpc) is 3.44. The monoisotopic (exact) mass is 607 g/mol. The van der Waals surface area contributed by atoms with Crippen LogP contribution in [0.5, 0.6) is 5.75 Å². The normalized spacial score (nSPS) is 11.6. The van der Waals surface area contributed by atoms with Crippen molar-refractivity contribution in [3.63, 3.8) is 0 Å². The Kier molecular flexibility index (Phi) is 10.9. The van der Waals surface area contributed by atoms with Crippen LogP contribution in [0.25, 0.3) is 17.1 Å². The van der Waals surface area contributed by atoms with Gasteiger partial charge >= 0.3 is 6.36 Å². The minimum atomic E-state index is -4.74. The fourth-order valence-electron chi connectivity index (χ4n) is 5.01. The number of Topliss-reactive ketones (excluding diaryl/α,β-unsaturated/α-hetero) is 1. The zero-order valence-electron chi connectivity index (χ0n) is 24.7. The lowest BCUT2D eigenvalue weighted by atomic mass is 9.92. The number of hydrogen-bond donors (Lipinski definition) is 0. The van der Waals surface area contributed by atoms with Crippen molar-refractivity contribution in [2.24, 2.45) is 0 Å². The van der Waals surface area contributed by atoms with Gasteiger partial charge in [0.15, 0.2) is 5.82 Å². The van der Waals surface area contributed by atoms with Crippen molar-refractivity contribution in [1.82, 2.24) is 14.8 Å². The van der Waals surface area contributed by atoms with Gasteiger partial charge in [-0.1, -0.05) is 74.4 Å². The van der Waals surface area contributed by atoms with Gasteiger partial charge in [0.05, 0.1) is 5.69 Å². The minimum Gasteiger partial charge on any atom is -0.406 e. The Hall–Kier alpha value is -3.85. The Bertz CT molecular complexity index is 1550. The van der Waals surface area contributed by atoms with Crippen LogP contribution in [0.4, 0.5) is 13.2 Å². The Morgan fingerprint density at radius 2 is 1.77 bits per heavy atom. The number of carbonyl (C=O) groups excluding carboxylic acids is 1. The number of alkyl halides is 3. The highest BCUT2D eigenvalue weighted by Crippen LogP contribution is 2.25. The number of unbranched alkanes of at least 4 members (excludes halogenated alkanes) is 2. The number of aromatic nitrogens is 3. The van der Waals surface area contributed by atoms with E-state index in [9.17, 15) is 18.0 Å². The molecule has 0 saturated heterocycles. The molecule has 0 bridgehead atoms. The van der Waals surface area contributed by atoms with Gasteiger partial charge in [0, 0.05) is 29.7 Å². The molecule has 0 N–H and O–H groups in total. The van der Waals surface area contributed by atoms with Gasteiger partial charge < -0.3 is 4.74 Å². The summed E-state index contributed by atoms with van der Waals surface area (Å²) in [6.45, 7) is 6.45. The number of ether oxygens (including phenoxy) is 1. The summed E-state index contributed by atoms with van der Waals surface area (Å²) >= 11 is 5.59. The van der Waals surface area contributed by atoms with E-state index in [-0.39, 0.29) is 11.5 Å². The maximum atomic E-state index is 12.6. The van der Waals surface area contributed by atoms with Gasteiger partial charge in [-0.15, -0.1) is 18.3 Å². The van der Waals surface area contributed by atoms with Crippen molar-refractivity contribution >= 4 is 22.9 Å². The summed E-state index contributed by atoms with van der Waals surface area (Å²) in [4.78, 5) is 17.7. The lowest BCUT2D eigenvalue weighted by Gasteiger charge is -2.14. The van der Waals surface area contributed by atoms with Crippen LogP contribution in [0.2, 0.25) is 0 Å². The molecule has 1 heterocycles. The summed E-state index contributed by atoms with van der Waals surface area (Å²) in [6.07, 6.45) is 1.95. The lowest BCUT2D eigenvalue weighted by molar-refractivity contribution is -0.274. The van der Waals surface area contributed by atoms with Crippen LogP contribution in [0.15, 0.2) is 73.1 Å². The number of aryl methyl sites for hydroxylation is 2. The van der Waals surface area contributed by atoms with Crippen molar-refractivity contribution in [2.75, 3.05) is 0 Å². The molecule has 226 valence electrons. The summed E-state index contributed by atoms with van der Waals surface area (Å²) in [5.74, 6) is 0.842. The van der Waals surface area contributed by atoms with E-state index < -0.39 is 6.36 Å². The SMILES string of the molecule is Cc1ccc(CC(=S)CC(=O)CCCCCc2cccc(-c3ncn(-c4ccc(OC(F)(F)F)cc4)n3)c2)c(C(C)C)c1. The Morgan fingerprint density at radius 1 is 1.00 bits per heavy atom. The number of ketones is 1. The van der Waals surface area contributed by atoms with E-state index in [1.54, 1.807) is 0 Å². The first-order valence-corrected chi connectivity index (χ1v) is 14.9. The molecule has 0 saturated carbocycles. The van der Waals surface area contributed by atoms with Crippen molar-refractivity contribution in [3.8, 4) is 22.8 Å². The quantitative estimate of drug-likeness (QED) is 0.106.